The Hall–Kier alpha value is -2.95. The summed E-state index contributed by atoms with van der Waals surface area (Å²) in [6, 6.07) is 11.3. The van der Waals surface area contributed by atoms with Gasteiger partial charge in [-0.1, -0.05) is 18.2 Å². The number of hydrogen-bond acceptors (Lipinski definition) is 3. The molecule has 1 amide bonds. The largest absolute Gasteiger partial charge is 0.358 e. The zero-order valence-corrected chi connectivity index (χ0v) is 13.7. The second-order valence-electron chi connectivity index (χ2n) is 5.83. The average Bonchev–Trinajstić information content (AvgIpc) is 2.95. The Labute approximate surface area is 140 Å². The van der Waals surface area contributed by atoms with E-state index in [9.17, 15) is 9.59 Å². The van der Waals surface area contributed by atoms with Gasteiger partial charge in [-0.2, -0.15) is 0 Å². The highest BCUT2D eigenvalue weighted by Gasteiger charge is 2.25. The Kier molecular flexibility index (Phi) is 4.42. The van der Waals surface area contributed by atoms with Crippen LogP contribution in [0, 0.1) is 6.92 Å². The van der Waals surface area contributed by atoms with Crippen LogP contribution in [-0.2, 0) is 11.2 Å². The second kappa shape index (κ2) is 6.66. The summed E-state index contributed by atoms with van der Waals surface area (Å²) in [4.78, 5) is 33.8. The lowest BCUT2D eigenvalue weighted by Gasteiger charge is -2.16. The summed E-state index contributed by atoms with van der Waals surface area (Å²) < 4.78 is 0. The van der Waals surface area contributed by atoms with Gasteiger partial charge < -0.3 is 9.88 Å². The van der Waals surface area contributed by atoms with Crippen LogP contribution < -0.4 is 0 Å². The van der Waals surface area contributed by atoms with Gasteiger partial charge in [0.15, 0.2) is 0 Å². The van der Waals surface area contributed by atoms with Gasteiger partial charge in [0, 0.05) is 42.6 Å². The molecule has 0 unspecified atom stereocenters. The number of nitrogens with zero attached hydrogens (tertiary/aromatic N) is 2. The maximum atomic E-state index is 12.7. The fourth-order valence-electron chi connectivity index (χ4n) is 2.80. The molecule has 0 spiro atoms. The summed E-state index contributed by atoms with van der Waals surface area (Å²) >= 11 is 0. The van der Waals surface area contributed by atoms with Gasteiger partial charge in [-0.3, -0.25) is 14.6 Å². The van der Waals surface area contributed by atoms with E-state index in [0.717, 1.165) is 22.2 Å². The van der Waals surface area contributed by atoms with E-state index in [1.165, 1.54) is 4.90 Å². The van der Waals surface area contributed by atoms with Gasteiger partial charge in [-0.25, -0.2) is 0 Å². The predicted octanol–water partition coefficient (Wildman–Crippen LogP) is 2.76. The Morgan fingerprint density at radius 2 is 1.83 bits per heavy atom. The van der Waals surface area contributed by atoms with E-state index in [1.54, 1.807) is 19.4 Å². The van der Waals surface area contributed by atoms with E-state index in [-0.39, 0.29) is 0 Å². The highest BCUT2D eigenvalue weighted by molar-refractivity contribution is 6.45. The van der Waals surface area contributed by atoms with Crippen molar-refractivity contribution in [3.05, 3.63) is 65.6 Å². The molecule has 2 heterocycles. The number of aryl methyl sites for hydroxylation is 1. The van der Waals surface area contributed by atoms with Crippen molar-refractivity contribution in [1.29, 1.82) is 0 Å². The molecular formula is C19H19N3O2. The summed E-state index contributed by atoms with van der Waals surface area (Å²) in [6.45, 7) is 2.30. The number of Topliss-reactive ketones (excluding diaryl/α,β-unsaturated/α-hetero) is 1. The summed E-state index contributed by atoms with van der Waals surface area (Å²) in [5, 5.41) is 0.788. The van der Waals surface area contributed by atoms with Crippen LogP contribution in [0.1, 0.15) is 21.6 Å². The predicted molar refractivity (Wildman–Crippen MR) is 92.9 cm³/mol. The standard InChI is InChI=1S/C19H19N3O2/c1-13-17(15-5-3-4-6-16(15)21-13)18(23)19(24)22(2)12-9-14-7-10-20-11-8-14/h3-8,10-11,21H,9,12H2,1-2H3. The van der Waals surface area contributed by atoms with Gasteiger partial charge in [-0.05, 0) is 37.1 Å². The quantitative estimate of drug-likeness (QED) is 0.580. The number of rotatable bonds is 5. The Balaban J connectivity index is 1.76. The number of amides is 1. The smallest absolute Gasteiger partial charge is 0.294 e. The Morgan fingerprint density at radius 1 is 1.12 bits per heavy atom. The van der Waals surface area contributed by atoms with E-state index in [4.69, 9.17) is 0 Å². The number of ketones is 1. The molecular weight excluding hydrogens is 302 g/mol. The summed E-state index contributed by atoms with van der Waals surface area (Å²) in [7, 11) is 1.66. The fourth-order valence-corrected chi connectivity index (χ4v) is 2.80. The monoisotopic (exact) mass is 321 g/mol. The van der Waals surface area contributed by atoms with Crippen LogP contribution in [0.3, 0.4) is 0 Å². The molecule has 3 rings (SSSR count). The first kappa shape index (κ1) is 15.9. The summed E-state index contributed by atoms with van der Waals surface area (Å²) in [5.41, 5.74) is 3.13. The molecule has 0 aliphatic carbocycles. The first-order valence-electron chi connectivity index (χ1n) is 7.84. The molecule has 0 saturated heterocycles. The highest BCUT2D eigenvalue weighted by atomic mass is 16.2. The molecule has 0 fully saturated rings. The lowest BCUT2D eigenvalue weighted by atomic mass is 10.1. The molecule has 24 heavy (non-hydrogen) atoms. The number of fused-ring (bicyclic) bond motifs is 1. The zero-order valence-electron chi connectivity index (χ0n) is 13.7. The number of likely N-dealkylation sites (N-methyl/N-ethyl adjacent to an activating group) is 1. The van der Waals surface area contributed by atoms with Crippen LogP contribution in [0.4, 0.5) is 0 Å². The number of aromatic amines is 1. The van der Waals surface area contributed by atoms with Crippen molar-refractivity contribution in [3.63, 3.8) is 0 Å². The van der Waals surface area contributed by atoms with E-state index in [0.29, 0.717) is 18.5 Å². The first-order chi connectivity index (χ1) is 11.6. The molecule has 0 bridgehead atoms. The normalized spacial score (nSPS) is 10.8. The second-order valence-corrected chi connectivity index (χ2v) is 5.83. The van der Waals surface area contributed by atoms with Crippen molar-refractivity contribution < 1.29 is 9.59 Å². The number of hydrogen-bond donors (Lipinski definition) is 1. The number of nitrogens with one attached hydrogen (secondary N) is 1. The van der Waals surface area contributed by atoms with Crippen LogP contribution in [-0.4, -0.2) is 40.2 Å². The van der Waals surface area contributed by atoms with Crippen LogP contribution in [0.5, 0.6) is 0 Å². The van der Waals surface area contributed by atoms with Gasteiger partial charge in [0.05, 0.1) is 5.56 Å². The van der Waals surface area contributed by atoms with Crippen molar-refractivity contribution in [2.45, 2.75) is 13.3 Å². The maximum absolute atomic E-state index is 12.7. The molecule has 2 aromatic heterocycles. The van der Waals surface area contributed by atoms with Gasteiger partial charge in [0.2, 0.25) is 0 Å². The summed E-state index contributed by atoms with van der Waals surface area (Å²) in [6.07, 6.45) is 4.13. The molecule has 3 aromatic rings. The van der Waals surface area contributed by atoms with E-state index in [1.807, 2.05) is 43.3 Å². The van der Waals surface area contributed by atoms with E-state index >= 15 is 0 Å². The first-order valence-corrected chi connectivity index (χ1v) is 7.84. The van der Waals surface area contributed by atoms with Crippen LogP contribution in [0.2, 0.25) is 0 Å². The maximum Gasteiger partial charge on any atom is 0.294 e. The molecule has 5 nitrogen and oxygen atoms in total. The molecule has 5 heteroatoms. The van der Waals surface area contributed by atoms with Gasteiger partial charge in [-0.15, -0.1) is 0 Å². The van der Waals surface area contributed by atoms with Crippen LogP contribution >= 0.6 is 0 Å². The fraction of sp³-hybridized carbons (Fsp3) is 0.211. The van der Waals surface area contributed by atoms with E-state index in [2.05, 4.69) is 9.97 Å². The number of carbonyl (C=O) groups excluding carboxylic acids is 2. The lowest BCUT2D eigenvalue weighted by molar-refractivity contribution is -0.125. The number of aromatic nitrogens is 2. The van der Waals surface area contributed by atoms with Gasteiger partial charge >= 0.3 is 0 Å². The number of H-pyrrole nitrogens is 1. The molecule has 0 radical (unpaired) electrons. The SMILES string of the molecule is Cc1[nH]c2ccccc2c1C(=O)C(=O)N(C)CCc1ccncc1. The van der Waals surface area contributed by atoms with Crippen LogP contribution in [0.15, 0.2) is 48.8 Å². The Morgan fingerprint density at radius 3 is 2.58 bits per heavy atom. The topological polar surface area (TPSA) is 66.1 Å². The molecule has 122 valence electrons. The molecule has 0 saturated carbocycles. The van der Waals surface area contributed by atoms with Crippen molar-refractivity contribution in [2.75, 3.05) is 13.6 Å². The van der Waals surface area contributed by atoms with Crippen LogP contribution in [0.25, 0.3) is 10.9 Å². The van der Waals surface area contributed by atoms with Gasteiger partial charge in [0.1, 0.15) is 0 Å². The number of para-hydroxylation sites is 1. The van der Waals surface area contributed by atoms with E-state index < -0.39 is 11.7 Å². The van der Waals surface area contributed by atoms with Crippen molar-refractivity contribution in [3.8, 4) is 0 Å². The molecule has 0 aliphatic rings. The average molecular weight is 321 g/mol. The minimum Gasteiger partial charge on any atom is -0.358 e. The summed E-state index contributed by atoms with van der Waals surface area (Å²) in [5.74, 6) is -0.959. The third kappa shape index (κ3) is 3.06. The molecule has 1 aromatic carbocycles. The van der Waals surface area contributed by atoms with Crippen molar-refractivity contribution >= 4 is 22.6 Å². The lowest BCUT2D eigenvalue weighted by Crippen LogP contribution is -2.35. The number of benzene rings is 1. The third-order valence-electron chi connectivity index (χ3n) is 4.15. The Bertz CT molecular complexity index is 884. The molecule has 0 aliphatic heterocycles. The van der Waals surface area contributed by atoms with Crippen molar-refractivity contribution in [1.82, 2.24) is 14.9 Å². The number of pyridine rings is 1. The van der Waals surface area contributed by atoms with Gasteiger partial charge in [0.25, 0.3) is 11.7 Å². The minimum absolute atomic E-state index is 0.464. The number of carbonyl (C=O) groups is 2. The third-order valence-corrected chi connectivity index (χ3v) is 4.15. The molecule has 0 atom stereocenters. The van der Waals surface area contributed by atoms with Crippen molar-refractivity contribution in [2.24, 2.45) is 0 Å². The molecule has 1 N–H and O–H groups in total. The minimum atomic E-state index is -0.489. The highest BCUT2D eigenvalue weighted by Crippen LogP contribution is 2.22. The zero-order chi connectivity index (χ0) is 17.1.